The van der Waals surface area contributed by atoms with Gasteiger partial charge in [0.05, 0.1) is 11.3 Å². The van der Waals surface area contributed by atoms with Crippen molar-refractivity contribution >= 4 is 23.5 Å². The second-order valence-corrected chi connectivity index (χ2v) is 6.56. The molecule has 0 spiro atoms. The topological polar surface area (TPSA) is 66.8 Å². The number of benzene rings is 1. The molecule has 0 aromatic heterocycles. The van der Waals surface area contributed by atoms with E-state index in [1.165, 1.54) is 4.90 Å². The van der Waals surface area contributed by atoms with Gasteiger partial charge in [0.15, 0.2) is 0 Å². The second kappa shape index (κ2) is 7.32. The summed E-state index contributed by atoms with van der Waals surface area (Å²) in [5.41, 5.74) is 0.237. The quantitative estimate of drug-likeness (QED) is 0.895. The van der Waals surface area contributed by atoms with Crippen molar-refractivity contribution in [1.29, 1.82) is 0 Å². The highest BCUT2D eigenvalue weighted by Gasteiger charge is 2.43. The number of hydrogen-bond acceptors (Lipinski definition) is 3. The molecule has 23 heavy (non-hydrogen) atoms. The maximum absolute atomic E-state index is 13.1. The minimum absolute atomic E-state index is 0.0591. The van der Waals surface area contributed by atoms with E-state index in [1.54, 1.807) is 26.1 Å². The Bertz CT molecular complexity index is 566. The van der Waals surface area contributed by atoms with E-state index in [4.69, 9.17) is 21.4 Å². The van der Waals surface area contributed by atoms with Gasteiger partial charge < -0.3 is 14.7 Å². The number of rotatable bonds is 5. The molecule has 1 aromatic carbocycles. The number of carbonyl (C=O) groups excluding carboxylic acids is 1. The lowest BCUT2D eigenvalue weighted by Crippen LogP contribution is -2.50. The molecule has 0 unspecified atom stereocenters. The summed E-state index contributed by atoms with van der Waals surface area (Å²) in [5.74, 6) is -1.57. The standard InChI is InChI=1S/C17H22ClNO4/c1-12(15(20)21)11-19(2)16(22)17(7-9-23-10-8-17)13-3-5-14(18)6-4-13/h3-6,12H,7-11H2,1-2H3,(H,20,21)/t12-/m0/s1. The number of halogens is 1. The first-order chi connectivity index (χ1) is 10.9. The van der Waals surface area contributed by atoms with Crippen LogP contribution < -0.4 is 0 Å². The van der Waals surface area contributed by atoms with Gasteiger partial charge in [0.1, 0.15) is 0 Å². The Morgan fingerprint density at radius 2 is 1.87 bits per heavy atom. The van der Waals surface area contributed by atoms with E-state index >= 15 is 0 Å². The minimum Gasteiger partial charge on any atom is -0.481 e. The maximum Gasteiger partial charge on any atom is 0.308 e. The molecule has 6 heteroatoms. The van der Waals surface area contributed by atoms with E-state index in [0.29, 0.717) is 31.1 Å². The smallest absolute Gasteiger partial charge is 0.308 e. The van der Waals surface area contributed by atoms with Crippen LogP contribution in [0.2, 0.25) is 5.02 Å². The molecule has 1 N–H and O–H groups in total. The third-order valence-corrected chi connectivity index (χ3v) is 4.72. The average molecular weight is 340 g/mol. The van der Waals surface area contributed by atoms with Crippen LogP contribution in [0.5, 0.6) is 0 Å². The summed E-state index contributed by atoms with van der Waals surface area (Å²) in [7, 11) is 1.66. The zero-order valence-corrected chi connectivity index (χ0v) is 14.2. The first-order valence-corrected chi connectivity index (χ1v) is 8.07. The van der Waals surface area contributed by atoms with Crippen molar-refractivity contribution in [1.82, 2.24) is 4.90 Å². The molecule has 1 aliphatic rings. The van der Waals surface area contributed by atoms with Crippen molar-refractivity contribution in [3.63, 3.8) is 0 Å². The predicted molar refractivity (Wildman–Crippen MR) is 87.6 cm³/mol. The van der Waals surface area contributed by atoms with Gasteiger partial charge >= 0.3 is 5.97 Å². The fourth-order valence-corrected chi connectivity index (χ4v) is 3.18. The highest BCUT2D eigenvalue weighted by molar-refractivity contribution is 6.30. The number of amides is 1. The summed E-state index contributed by atoms with van der Waals surface area (Å²) < 4.78 is 5.43. The van der Waals surface area contributed by atoms with Gasteiger partial charge in [-0.25, -0.2) is 0 Å². The van der Waals surface area contributed by atoms with Gasteiger partial charge in [0, 0.05) is 31.8 Å². The van der Waals surface area contributed by atoms with E-state index in [2.05, 4.69) is 0 Å². The Balaban J connectivity index is 2.28. The molecule has 1 heterocycles. The first-order valence-electron chi connectivity index (χ1n) is 7.69. The van der Waals surface area contributed by atoms with E-state index < -0.39 is 17.3 Å². The van der Waals surface area contributed by atoms with E-state index in [1.807, 2.05) is 12.1 Å². The van der Waals surface area contributed by atoms with Crippen LogP contribution in [0.4, 0.5) is 0 Å². The van der Waals surface area contributed by atoms with E-state index in [0.717, 1.165) is 5.56 Å². The molecule has 1 amide bonds. The van der Waals surface area contributed by atoms with Crippen molar-refractivity contribution in [3.8, 4) is 0 Å². The summed E-state index contributed by atoms with van der Waals surface area (Å²) in [6, 6.07) is 7.31. The van der Waals surface area contributed by atoms with Crippen LogP contribution >= 0.6 is 11.6 Å². The molecule has 0 bridgehead atoms. The van der Waals surface area contributed by atoms with Crippen molar-refractivity contribution in [2.45, 2.75) is 25.2 Å². The number of hydrogen-bond donors (Lipinski definition) is 1. The average Bonchev–Trinajstić information content (AvgIpc) is 2.55. The second-order valence-electron chi connectivity index (χ2n) is 6.13. The lowest BCUT2D eigenvalue weighted by atomic mass is 9.73. The lowest BCUT2D eigenvalue weighted by molar-refractivity contribution is -0.145. The van der Waals surface area contributed by atoms with E-state index in [-0.39, 0.29) is 12.5 Å². The van der Waals surface area contributed by atoms with Gasteiger partial charge in [-0.15, -0.1) is 0 Å². The highest BCUT2D eigenvalue weighted by Crippen LogP contribution is 2.37. The number of carbonyl (C=O) groups is 2. The zero-order valence-electron chi connectivity index (χ0n) is 13.4. The fraction of sp³-hybridized carbons (Fsp3) is 0.529. The summed E-state index contributed by atoms with van der Waals surface area (Å²) >= 11 is 5.96. The van der Waals surface area contributed by atoms with Gasteiger partial charge in [-0.3, -0.25) is 9.59 Å². The number of likely N-dealkylation sites (N-methyl/N-ethyl adjacent to an activating group) is 1. The Labute approximate surface area is 141 Å². The van der Waals surface area contributed by atoms with Crippen LogP contribution in [0, 0.1) is 5.92 Å². The van der Waals surface area contributed by atoms with Crippen LogP contribution in [0.1, 0.15) is 25.3 Å². The molecule has 0 saturated carbocycles. The number of nitrogens with zero attached hydrogens (tertiary/aromatic N) is 1. The third kappa shape index (κ3) is 3.85. The Hall–Kier alpha value is -1.59. The first kappa shape index (κ1) is 17.8. The Kier molecular flexibility index (Phi) is 5.65. The largest absolute Gasteiger partial charge is 0.481 e. The summed E-state index contributed by atoms with van der Waals surface area (Å²) in [6.07, 6.45) is 1.17. The third-order valence-electron chi connectivity index (χ3n) is 4.47. The van der Waals surface area contributed by atoms with Gasteiger partial charge in [-0.1, -0.05) is 30.7 Å². The molecule has 1 aromatic rings. The number of carboxylic acids is 1. The van der Waals surface area contributed by atoms with E-state index in [9.17, 15) is 9.59 Å². The van der Waals surface area contributed by atoms with Crippen molar-refractivity contribution in [2.75, 3.05) is 26.8 Å². The van der Waals surface area contributed by atoms with Gasteiger partial charge in [0.25, 0.3) is 0 Å². The molecule has 0 aliphatic carbocycles. The van der Waals surface area contributed by atoms with Crippen molar-refractivity contribution in [2.24, 2.45) is 5.92 Å². The minimum atomic E-state index is -0.905. The summed E-state index contributed by atoms with van der Waals surface area (Å²) in [5, 5.41) is 9.68. The van der Waals surface area contributed by atoms with Crippen LogP contribution in [-0.4, -0.2) is 48.7 Å². The molecule has 1 saturated heterocycles. The molecule has 1 atom stereocenters. The monoisotopic (exact) mass is 339 g/mol. The zero-order chi connectivity index (χ0) is 17.0. The Morgan fingerprint density at radius 3 is 2.39 bits per heavy atom. The van der Waals surface area contributed by atoms with Crippen molar-refractivity contribution < 1.29 is 19.4 Å². The van der Waals surface area contributed by atoms with Crippen molar-refractivity contribution in [3.05, 3.63) is 34.9 Å². The Morgan fingerprint density at radius 1 is 1.30 bits per heavy atom. The van der Waals surface area contributed by atoms with Gasteiger partial charge in [0.2, 0.25) is 5.91 Å². The van der Waals surface area contributed by atoms with Crippen LogP contribution in [0.25, 0.3) is 0 Å². The summed E-state index contributed by atoms with van der Waals surface area (Å²) in [4.78, 5) is 25.7. The highest BCUT2D eigenvalue weighted by atomic mass is 35.5. The molecule has 5 nitrogen and oxygen atoms in total. The molecular weight excluding hydrogens is 318 g/mol. The fourth-order valence-electron chi connectivity index (χ4n) is 3.05. The normalized spacial score (nSPS) is 18.2. The predicted octanol–water partition coefficient (Wildman–Crippen LogP) is 2.57. The molecule has 1 fully saturated rings. The molecular formula is C17H22ClNO4. The molecule has 2 rings (SSSR count). The summed E-state index contributed by atoms with van der Waals surface area (Å²) in [6.45, 7) is 2.81. The van der Waals surface area contributed by atoms with Crippen LogP contribution in [-0.2, 0) is 19.7 Å². The van der Waals surface area contributed by atoms with Crippen LogP contribution in [0.15, 0.2) is 24.3 Å². The van der Waals surface area contributed by atoms with Crippen LogP contribution in [0.3, 0.4) is 0 Å². The number of ether oxygens (including phenoxy) is 1. The molecule has 1 aliphatic heterocycles. The SMILES string of the molecule is C[C@@H](CN(C)C(=O)C1(c2ccc(Cl)cc2)CCOCC1)C(=O)O. The lowest BCUT2D eigenvalue weighted by Gasteiger charge is -2.39. The number of aliphatic carboxylic acids is 1. The maximum atomic E-state index is 13.1. The van der Waals surface area contributed by atoms with Gasteiger partial charge in [-0.05, 0) is 30.5 Å². The molecule has 126 valence electrons. The number of carboxylic acid groups (broad SMARTS) is 1. The molecule has 0 radical (unpaired) electrons. The van der Waals surface area contributed by atoms with Gasteiger partial charge in [-0.2, -0.15) is 0 Å².